The number of fused-ring (bicyclic) bond motifs is 1. The zero-order valence-corrected chi connectivity index (χ0v) is 24.7. The number of hydrogen-bond acceptors (Lipinski definition) is 4. The number of ether oxygens (including phenoxy) is 2. The van der Waals surface area contributed by atoms with Gasteiger partial charge in [0.2, 0.25) is 0 Å². The van der Waals surface area contributed by atoms with Gasteiger partial charge in [0.25, 0.3) is 0 Å². The summed E-state index contributed by atoms with van der Waals surface area (Å²) in [4.78, 5) is 16.8. The van der Waals surface area contributed by atoms with E-state index in [4.69, 9.17) is 9.47 Å². The first-order valence-electron chi connectivity index (χ1n) is 14.9. The molecule has 1 amide bonds. The Morgan fingerprint density at radius 3 is 2.22 bits per heavy atom. The van der Waals surface area contributed by atoms with Crippen molar-refractivity contribution in [3.63, 3.8) is 0 Å². The second-order valence-electron chi connectivity index (χ2n) is 13.2. The number of benzene rings is 3. The molecular weight excluding hydrogens is 515 g/mol. The Hall–Kier alpha value is -3.54. The summed E-state index contributed by atoms with van der Waals surface area (Å²) >= 11 is 0. The van der Waals surface area contributed by atoms with E-state index in [1.807, 2.05) is 37.8 Å². The van der Waals surface area contributed by atoms with Gasteiger partial charge in [-0.3, -0.25) is 0 Å². The number of likely N-dealkylation sites (tertiary alicyclic amines) is 1. The summed E-state index contributed by atoms with van der Waals surface area (Å²) in [6.45, 7) is 9.32. The van der Waals surface area contributed by atoms with Gasteiger partial charge in [0.15, 0.2) is 0 Å². The molecular formula is C35H41FN2O3. The Labute approximate surface area is 243 Å². The van der Waals surface area contributed by atoms with Crippen LogP contribution in [0.25, 0.3) is 0 Å². The predicted octanol–water partition coefficient (Wildman–Crippen LogP) is 7.53. The van der Waals surface area contributed by atoms with Crippen LogP contribution in [0.15, 0.2) is 66.7 Å². The molecule has 6 rings (SSSR count). The maximum absolute atomic E-state index is 13.8. The highest BCUT2D eigenvalue weighted by Gasteiger charge is 2.46. The molecule has 3 aromatic carbocycles. The molecule has 2 aliphatic heterocycles. The van der Waals surface area contributed by atoms with Gasteiger partial charge in [-0.05, 0) is 111 Å². The highest BCUT2D eigenvalue weighted by molar-refractivity contribution is 5.68. The fourth-order valence-corrected chi connectivity index (χ4v) is 7.05. The number of amides is 1. The molecule has 216 valence electrons. The minimum Gasteiger partial charge on any atom is -0.497 e. The number of anilines is 1. The van der Waals surface area contributed by atoms with Crippen molar-refractivity contribution in [2.45, 2.75) is 63.9 Å². The third-order valence-corrected chi connectivity index (χ3v) is 9.26. The minimum absolute atomic E-state index is 0.194. The van der Waals surface area contributed by atoms with Gasteiger partial charge in [-0.15, -0.1) is 0 Å². The molecule has 3 aromatic rings. The number of nitrogens with zero attached hydrogens (tertiary/aromatic N) is 2. The minimum atomic E-state index is -0.461. The van der Waals surface area contributed by atoms with Crippen molar-refractivity contribution in [2.24, 2.45) is 5.41 Å². The maximum atomic E-state index is 13.8. The fraction of sp³-hybridized carbons (Fsp3) is 0.457. The number of piperidine rings is 1. The Kier molecular flexibility index (Phi) is 7.21. The number of rotatable bonds is 4. The Bertz CT molecular complexity index is 1380. The van der Waals surface area contributed by atoms with Crippen LogP contribution in [0.3, 0.4) is 0 Å². The maximum Gasteiger partial charge on any atom is 0.410 e. The summed E-state index contributed by atoms with van der Waals surface area (Å²) in [6.07, 6.45) is 3.82. The van der Waals surface area contributed by atoms with E-state index in [0.717, 1.165) is 57.6 Å². The van der Waals surface area contributed by atoms with Crippen molar-refractivity contribution >= 4 is 11.8 Å². The molecule has 2 fully saturated rings. The van der Waals surface area contributed by atoms with Crippen molar-refractivity contribution < 1.29 is 18.7 Å². The van der Waals surface area contributed by atoms with Crippen molar-refractivity contribution in [3.05, 3.63) is 94.8 Å². The van der Waals surface area contributed by atoms with Crippen LogP contribution in [0.2, 0.25) is 0 Å². The highest BCUT2D eigenvalue weighted by Crippen LogP contribution is 2.48. The first-order valence-corrected chi connectivity index (χ1v) is 14.9. The quantitative estimate of drug-likeness (QED) is 0.333. The SMILES string of the molecule is COc1ccc2c(c1)CC[C@H](c1ccc(F)cc1)[C@@H]2c1ccc(N2CC3(CCN(C(=O)OC(C)(C)C)CC3)C2)cc1. The van der Waals surface area contributed by atoms with E-state index in [1.165, 1.54) is 27.9 Å². The van der Waals surface area contributed by atoms with E-state index in [0.29, 0.717) is 0 Å². The van der Waals surface area contributed by atoms with Crippen molar-refractivity contribution in [2.75, 3.05) is 38.2 Å². The standard InChI is InChI=1S/C35H41FN2O3/c1-34(2,3)41-33(39)37-19-17-35(18-20-37)22-38(23-35)28-12-7-25(8-13-28)32-30(24-5-10-27(36)11-6-24)15-9-26-21-29(40-4)14-16-31(26)32/h5-8,10-14,16,21,30,32H,9,15,17-20,22-23H2,1-4H3/t30-,32+/m1/s1. The van der Waals surface area contributed by atoms with E-state index in [9.17, 15) is 9.18 Å². The van der Waals surface area contributed by atoms with Gasteiger partial charge in [0.1, 0.15) is 17.2 Å². The van der Waals surface area contributed by atoms with E-state index >= 15 is 0 Å². The van der Waals surface area contributed by atoms with E-state index in [1.54, 1.807) is 19.2 Å². The van der Waals surface area contributed by atoms with Gasteiger partial charge < -0.3 is 19.3 Å². The second-order valence-corrected chi connectivity index (χ2v) is 13.2. The van der Waals surface area contributed by atoms with Gasteiger partial charge in [0, 0.05) is 43.2 Å². The molecule has 0 saturated carbocycles. The fourth-order valence-electron chi connectivity index (χ4n) is 7.05. The largest absolute Gasteiger partial charge is 0.497 e. The second kappa shape index (κ2) is 10.7. The van der Waals surface area contributed by atoms with E-state index in [2.05, 4.69) is 47.4 Å². The van der Waals surface area contributed by atoms with Crippen LogP contribution in [0.5, 0.6) is 5.75 Å². The van der Waals surface area contributed by atoms with Crippen molar-refractivity contribution in [3.8, 4) is 5.75 Å². The number of halogens is 1. The third kappa shape index (κ3) is 5.66. The van der Waals surface area contributed by atoms with Crippen molar-refractivity contribution in [1.82, 2.24) is 4.90 Å². The van der Waals surface area contributed by atoms with E-state index in [-0.39, 0.29) is 29.2 Å². The van der Waals surface area contributed by atoms with Crippen LogP contribution < -0.4 is 9.64 Å². The third-order valence-electron chi connectivity index (χ3n) is 9.26. The summed E-state index contributed by atoms with van der Waals surface area (Å²) in [6, 6.07) is 22.6. The number of carbonyl (C=O) groups is 1. The Morgan fingerprint density at radius 1 is 0.927 bits per heavy atom. The summed E-state index contributed by atoms with van der Waals surface area (Å²) in [5, 5.41) is 0. The summed E-state index contributed by atoms with van der Waals surface area (Å²) in [5.74, 6) is 1.18. The van der Waals surface area contributed by atoms with Crippen molar-refractivity contribution in [1.29, 1.82) is 0 Å². The van der Waals surface area contributed by atoms with Gasteiger partial charge in [-0.25, -0.2) is 9.18 Å². The molecule has 5 nitrogen and oxygen atoms in total. The number of methoxy groups -OCH3 is 1. The molecule has 0 unspecified atom stereocenters. The van der Waals surface area contributed by atoms with Crippen LogP contribution in [-0.4, -0.2) is 49.9 Å². The smallest absolute Gasteiger partial charge is 0.410 e. The summed E-state index contributed by atoms with van der Waals surface area (Å²) < 4.78 is 24.9. The van der Waals surface area contributed by atoms with E-state index < -0.39 is 5.60 Å². The lowest BCUT2D eigenvalue weighted by Crippen LogP contribution is -2.61. The topological polar surface area (TPSA) is 42.0 Å². The predicted molar refractivity (Wildman–Crippen MR) is 160 cm³/mol. The molecule has 2 atom stereocenters. The molecule has 6 heteroatoms. The summed E-state index contributed by atoms with van der Waals surface area (Å²) in [5.41, 5.74) is 6.21. The molecule has 2 saturated heterocycles. The van der Waals surface area contributed by atoms with Crippen LogP contribution in [0, 0.1) is 11.2 Å². The molecule has 1 aliphatic carbocycles. The highest BCUT2D eigenvalue weighted by atomic mass is 19.1. The number of aryl methyl sites for hydroxylation is 1. The molecule has 0 N–H and O–H groups in total. The normalized spacial score (nSPS) is 21.7. The molecule has 3 aliphatic rings. The lowest BCUT2D eigenvalue weighted by Gasteiger charge is -2.55. The molecule has 0 bridgehead atoms. The lowest BCUT2D eigenvalue weighted by atomic mass is 9.69. The average Bonchev–Trinajstić information content (AvgIpc) is 2.95. The zero-order chi connectivity index (χ0) is 28.8. The van der Waals surface area contributed by atoms with Crippen LogP contribution >= 0.6 is 0 Å². The van der Waals surface area contributed by atoms with Crippen LogP contribution in [-0.2, 0) is 11.2 Å². The van der Waals surface area contributed by atoms with Crippen LogP contribution in [0.4, 0.5) is 14.9 Å². The molecule has 0 radical (unpaired) electrons. The molecule has 41 heavy (non-hydrogen) atoms. The Balaban J connectivity index is 1.16. The first kappa shape index (κ1) is 27.6. The molecule has 0 aromatic heterocycles. The van der Waals surface area contributed by atoms with Gasteiger partial charge in [-0.2, -0.15) is 0 Å². The lowest BCUT2D eigenvalue weighted by molar-refractivity contribution is 0.00598. The monoisotopic (exact) mass is 556 g/mol. The molecule has 1 spiro atoms. The first-order chi connectivity index (χ1) is 19.6. The van der Waals surface area contributed by atoms with Gasteiger partial charge in [-0.1, -0.05) is 30.3 Å². The van der Waals surface area contributed by atoms with Gasteiger partial charge >= 0.3 is 6.09 Å². The average molecular weight is 557 g/mol. The Morgan fingerprint density at radius 2 is 1.59 bits per heavy atom. The van der Waals surface area contributed by atoms with Gasteiger partial charge in [0.05, 0.1) is 7.11 Å². The summed E-state index contributed by atoms with van der Waals surface area (Å²) in [7, 11) is 1.71. The zero-order valence-electron chi connectivity index (χ0n) is 24.7. The number of carbonyl (C=O) groups excluding carboxylic acids is 1. The van der Waals surface area contributed by atoms with Crippen LogP contribution in [0.1, 0.15) is 74.1 Å². The number of hydrogen-bond donors (Lipinski definition) is 0. The molecule has 2 heterocycles.